The number of ether oxygens (including phenoxy) is 2. The van der Waals surface area contributed by atoms with Crippen LogP contribution in [0.5, 0.6) is 11.5 Å². The predicted octanol–water partition coefficient (Wildman–Crippen LogP) is 2.62. The molecule has 0 aliphatic heterocycles. The Kier molecular flexibility index (Phi) is 4.12. The van der Waals surface area contributed by atoms with Crippen LogP contribution in [0, 0.1) is 0 Å². The Morgan fingerprint density at radius 3 is 2.32 bits per heavy atom. The minimum atomic E-state index is -5.27. The molecule has 0 spiro atoms. The Morgan fingerprint density at radius 2 is 1.95 bits per heavy atom. The second-order valence-corrected chi connectivity index (χ2v) is 3.07. The van der Waals surface area contributed by atoms with Crippen molar-refractivity contribution in [2.24, 2.45) is 0 Å². The summed E-state index contributed by atoms with van der Waals surface area (Å²) in [5.74, 6) is -4.27. The van der Waals surface area contributed by atoms with Gasteiger partial charge in [0.05, 0.1) is 7.11 Å². The van der Waals surface area contributed by atoms with Crippen LogP contribution >= 0.6 is 0 Å². The molecule has 1 aromatic heterocycles. The molecule has 0 unspecified atom stereocenters. The van der Waals surface area contributed by atoms with E-state index in [9.17, 15) is 26.7 Å². The summed E-state index contributed by atoms with van der Waals surface area (Å²) in [5.41, 5.74) is -2.19. The predicted molar refractivity (Wildman–Crippen MR) is 49.4 cm³/mol. The van der Waals surface area contributed by atoms with E-state index in [1.54, 1.807) is 0 Å². The van der Waals surface area contributed by atoms with Gasteiger partial charge in [0.1, 0.15) is 5.56 Å². The van der Waals surface area contributed by atoms with Crippen molar-refractivity contribution in [3.8, 4) is 11.5 Å². The molecule has 0 aromatic carbocycles. The molecule has 5 nitrogen and oxygen atoms in total. The van der Waals surface area contributed by atoms with Crippen molar-refractivity contribution in [3.05, 3.63) is 17.5 Å². The third-order valence-corrected chi connectivity index (χ3v) is 1.88. The van der Waals surface area contributed by atoms with E-state index < -0.39 is 41.5 Å². The molecule has 10 heteroatoms. The summed E-state index contributed by atoms with van der Waals surface area (Å²) in [6.07, 6.45) is -8.18. The Morgan fingerprint density at radius 1 is 1.37 bits per heavy atom. The van der Waals surface area contributed by atoms with E-state index in [1.807, 2.05) is 0 Å². The van der Waals surface area contributed by atoms with Gasteiger partial charge in [-0.15, -0.1) is 13.2 Å². The Labute approximate surface area is 102 Å². The number of halogens is 5. The fourth-order valence-electron chi connectivity index (χ4n) is 1.21. The van der Waals surface area contributed by atoms with Crippen molar-refractivity contribution in [1.82, 2.24) is 4.98 Å². The van der Waals surface area contributed by atoms with Gasteiger partial charge in [-0.2, -0.15) is 0 Å². The molecular weight excluding hydrogens is 281 g/mol. The first-order chi connectivity index (χ1) is 8.67. The Balaban J connectivity index is 3.50. The Bertz CT molecular complexity index is 488. The van der Waals surface area contributed by atoms with Gasteiger partial charge in [-0.05, 0) is 0 Å². The van der Waals surface area contributed by atoms with Gasteiger partial charge in [-0.25, -0.2) is 13.6 Å². The lowest BCUT2D eigenvalue weighted by molar-refractivity contribution is -0.275. The third kappa shape index (κ3) is 3.42. The van der Waals surface area contributed by atoms with Gasteiger partial charge in [0.25, 0.3) is 6.43 Å². The number of hydrogen-bond donors (Lipinski definition) is 1. The first kappa shape index (κ1) is 14.9. The Hall–Kier alpha value is -2.13. The zero-order valence-electron chi connectivity index (χ0n) is 9.16. The van der Waals surface area contributed by atoms with Crippen LogP contribution in [0.3, 0.4) is 0 Å². The highest BCUT2D eigenvalue weighted by Gasteiger charge is 2.37. The van der Waals surface area contributed by atoms with Crippen LogP contribution in [0.25, 0.3) is 0 Å². The molecule has 0 saturated carbocycles. The highest BCUT2D eigenvalue weighted by Crippen LogP contribution is 2.40. The van der Waals surface area contributed by atoms with E-state index in [0.717, 1.165) is 7.11 Å². The molecule has 0 amide bonds. The SMILES string of the molecule is COc1c(C(F)F)ncc(C(=O)O)c1OC(F)(F)F. The fraction of sp³-hybridized carbons (Fsp3) is 0.333. The molecule has 1 N–H and O–H groups in total. The molecule has 1 aromatic rings. The highest BCUT2D eigenvalue weighted by molar-refractivity contribution is 5.91. The molecule has 0 saturated heterocycles. The number of hydrogen-bond acceptors (Lipinski definition) is 4. The first-order valence-corrected chi connectivity index (χ1v) is 4.51. The number of pyridine rings is 1. The number of carbonyl (C=O) groups is 1. The maximum absolute atomic E-state index is 12.5. The van der Waals surface area contributed by atoms with Crippen LogP contribution in [0.1, 0.15) is 22.5 Å². The largest absolute Gasteiger partial charge is 0.573 e. The summed E-state index contributed by atoms with van der Waals surface area (Å²) >= 11 is 0. The maximum Gasteiger partial charge on any atom is 0.573 e. The number of aromatic nitrogens is 1. The lowest BCUT2D eigenvalue weighted by Crippen LogP contribution is -2.20. The van der Waals surface area contributed by atoms with E-state index in [2.05, 4.69) is 14.5 Å². The molecule has 0 fully saturated rings. The average Bonchev–Trinajstić information content (AvgIpc) is 2.25. The van der Waals surface area contributed by atoms with Crippen molar-refractivity contribution in [1.29, 1.82) is 0 Å². The second-order valence-electron chi connectivity index (χ2n) is 3.07. The quantitative estimate of drug-likeness (QED) is 0.862. The fourth-order valence-corrected chi connectivity index (χ4v) is 1.21. The highest BCUT2D eigenvalue weighted by atomic mass is 19.4. The molecule has 0 aliphatic rings. The summed E-state index contributed by atoms with van der Waals surface area (Å²) in [4.78, 5) is 13.8. The van der Waals surface area contributed by atoms with Gasteiger partial charge < -0.3 is 14.6 Å². The van der Waals surface area contributed by atoms with E-state index in [1.165, 1.54) is 0 Å². The molecule has 106 valence electrons. The lowest BCUT2D eigenvalue weighted by atomic mass is 10.2. The van der Waals surface area contributed by atoms with Crippen LogP contribution in [0.15, 0.2) is 6.20 Å². The van der Waals surface area contributed by atoms with Crippen molar-refractivity contribution in [2.75, 3.05) is 7.11 Å². The minimum Gasteiger partial charge on any atom is -0.491 e. The summed E-state index contributed by atoms with van der Waals surface area (Å²) in [6.45, 7) is 0. The standard InChI is InChI=1S/C9H6F5NO4/c1-18-6-4(7(10)11)15-2-3(8(16)17)5(6)19-9(12,13)14/h2,7H,1H3,(H,16,17). The number of aromatic carboxylic acids is 1. The molecule has 0 atom stereocenters. The smallest absolute Gasteiger partial charge is 0.491 e. The van der Waals surface area contributed by atoms with Gasteiger partial charge in [-0.1, -0.05) is 0 Å². The average molecular weight is 287 g/mol. The maximum atomic E-state index is 12.5. The van der Waals surface area contributed by atoms with Crippen molar-refractivity contribution < 1.29 is 41.3 Å². The van der Waals surface area contributed by atoms with Crippen molar-refractivity contribution in [3.63, 3.8) is 0 Å². The molecule has 0 bridgehead atoms. The molecule has 0 aliphatic carbocycles. The minimum absolute atomic E-state index is 0.341. The molecule has 19 heavy (non-hydrogen) atoms. The number of rotatable bonds is 4. The summed E-state index contributed by atoms with van der Waals surface area (Å²) in [5, 5.41) is 8.68. The summed E-state index contributed by atoms with van der Waals surface area (Å²) in [7, 11) is 0.789. The zero-order valence-corrected chi connectivity index (χ0v) is 9.16. The van der Waals surface area contributed by atoms with Crippen LogP contribution in [0.2, 0.25) is 0 Å². The molecule has 0 radical (unpaired) electrons. The van der Waals surface area contributed by atoms with Gasteiger partial charge in [0.15, 0.2) is 17.2 Å². The monoisotopic (exact) mass is 287 g/mol. The first-order valence-electron chi connectivity index (χ1n) is 4.51. The van der Waals surface area contributed by atoms with Gasteiger partial charge in [0, 0.05) is 6.20 Å². The van der Waals surface area contributed by atoms with Crippen molar-refractivity contribution >= 4 is 5.97 Å². The second kappa shape index (κ2) is 5.24. The van der Waals surface area contributed by atoms with Gasteiger partial charge in [0.2, 0.25) is 0 Å². The molecule has 1 heterocycles. The van der Waals surface area contributed by atoms with Gasteiger partial charge >= 0.3 is 12.3 Å². The number of nitrogens with zero attached hydrogens (tertiary/aromatic N) is 1. The number of methoxy groups -OCH3 is 1. The number of carboxylic acid groups (broad SMARTS) is 1. The molecular formula is C9H6F5NO4. The number of carboxylic acids is 1. The van der Waals surface area contributed by atoms with E-state index in [0.29, 0.717) is 6.20 Å². The van der Waals surface area contributed by atoms with Crippen LogP contribution in [-0.2, 0) is 0 Å². The topological polar surface area (TPSA) is 68.7 Å². The summed E-state index contributed by atoms with van der Waals surface area (Å²) in [6, 6.07) is 0. The van der Waals surface area contributed by atoms with Crippen LogP contribution in [0.4, 0.5) is 22.0 Å². The number of alkyl halides is 5. The zero-order chi connectivity index (χ0) is 14.8. The molecule has 1 rings (SSSR count). The van der Waals surface area contributed by atoms with Crippen LogP contribution in [-0.4, -0.2) is 29.5 Å². The van der Waals surface area contributed by atoms with E-state index in [4.69, 9.17) is 5.11 Å². The normalized spacial score (nSPS) is 11.5. The van der Waals surface area contributed by atoms with E-state index in [-0.39, 0.29) is 0 Å². The summed E-state index contributed by atoms with van der Waals surface area (Å²) < 4.78 is 69.3. The van der Waals surface area contributed by atoms with Gasteiger partial charge in [-0.3, -0.25) is 4.98 Å². The third-order valence-electron chi connectivity index (χ3n) is 1.88. The lowest BCUT2D eigenvalue weighted by Gasteiger charge is -2.16. The van der Waals surface area contributed by atoms with Crippen LogP contribution < -0.4 is 9.47 Å². The van der Waals surface area contributed by atoms with E-state index >= 15 is 0 Å². The van der Waals surface area contributed by atoms with Crippen molar-refractivity contribution in [2.45, 2.75) is 12.8 Å².